The number of rotatable bonds is 5. The van der Waals surface area contributed by atoms with Gasteiger partial charge in [-0.3, -0.25) is 4.68 Å². The Kier molecular flexibility index (Phi) is 4.25. The van der Waals surface area contributed by atoms with Gasteiger partial charge in [-0.25, -0.2) is 0 Å². The minimum Gasteiger partial charge on any atom is -0.493 e. The molecule has 0 aliphatic carbocycles. The molecule has 112 valence electrons. The molecule has 1 aliphatic rings. The Bertz CT molecular complexity index is 593. The molecular formula is C17H23N3O. The highest BCUT2D eigenvalue weighted by Gasteiger charge is 2.28. The number of ether oxygens (including phenoxy) is 1. The predicted octanol–water partition coefficient (Wildman–Crippen LogP) is 2.80. The Labute approximate surface area is 126 Å². The molecule has 1 aromatic heterocycles. The third-order valence-corrected chi connectivity index (χ3v) is 4.16. The maximum absolute atomic E-state index is 5.93. The van der Waals surface area contributed by atoms with Crippen LogP contribution in [0, 0.1) is 5.92 Å². The van der Waals surface area contributed by atoms with Crippen LogP contribution >= 0.6 is 0 Å². The van der Waals surface area contributed by atoms with Crippen molar-refractivity contribution in [2.24, 2.45) is 5.92 Å². The van der Waals surface area contributed by atoms with Crippen LogP contribution in [0.15, 0.2) is 36.7 Å². The highest BCUT2D eigenvalue weighted by Crippen LogP contribution is 2.33. The van der Waals surface area contributed by atoms with Crippen LogP contribution < -0.4 is 10.1 Å². The van der Waals surface area contributed by atoms with Crippen LogP contribution in [0.3, 0.4) is 0 Å². The van der Waals surface area contributed by atoms with Gasteiger partial charge < -0.3 is 10.1 Å². The lowest BCUT2D eigenvalue weighted by Crippen LogP contribution is -2.33. The zero-order chi connectivity index (χ0) is 14.7. The van der Waals surface area contributed by atoms with Gasteiger partial charge in [0.05, 0.1) is 12.8 Å². The lowest BCUT2D eigenvalue weighted by molar-refractivity contribution is 0.188. The van der Waals surface area contributed by atoms with Crippen LogP contribution in [0.2, 0.25) is 0 Å². The number of aryl methyl sites for hydroxylation is 1. The largest absolute Gasteiger partial charge is 0.493 e. The van der Waals surface area contributed by atoms with Crippen molar-refractivity contribution in [1.29, 1.82) is 0 Å². The second-order valence-corrected chi connectivity index (χ2v) is 5.69. The Hall–Kier alpha value is -1.81. The molecule has 2 atom stereocenters. The van der Waals surface area contributed by atoms with Crippen molar-refractivity contribution in [2.45, 2.75) is 32.4 Å². The summed E-state index contributed by atoms with van der Waals surface area (Å²) in [4.78, 5) is 0. The lowest BCUT2D eigenvalue weighted by Gasteiger charge is -2.31. The molecule has 1 aliphatic heterocycles. The molecule has 0 fully saturated rings. The highest BCUT2D eigenvalue weighted by molar-refractivity contribution is 5.35. The van der Waals surface area contributed by atoms with Crippen molar-refractivity contribution >= 4 is 0 Å². The first-order valence-electron chi connectivity index (χ1n) is 7.72. The van der Waals surface area contributed by atoms with Crippen LogP contribution in [0.4, 0.5) is 0 Å². The van der Waals surface area contributed by atoms with Crippen molar-refractivity contribution in [3.63, 3.8) is 0 Å². The number of nitrogens with one attached hydrogen (secondary N) is 1. The Morgan fingerprint density at radius 2 is 2.29 bits per heavy atom. The zero-order valence-corrected chi connectivity index (χ0v) is 12.7. The first-order chi connectivity index (χ1) is 10.3. The molecule has 3 rings (SSSR count). The monoisotopic (exact) mass is 285 g/mol. The molecule has 0 amide bonds. The highest BCUT2D eigenvalue weighted by atomic mass is 16.5. The number of aromatic nitrogens is 2. The average Bonchev–Trinajstić information content (AvgIpc) is 2.97. The third-order valence-electron chi connectivity index (χ3n) is 4.16. The lowest BCUT2D eigenvalue weighted by atomic mass is 9.88. The maximum atomic E-state index is 5.93. The number of fused-ring (bicyclic) bond motifs is 1. The fraction of sp³-hybridized carbons (Fsp3) is 0.471. The van der Waals surface area contributed by atoms with E-state index < -0.39 is 0 Å². The normalized spacial score (nSPS) is 18.9. The molecule has 21 heavy (non-hydrogen) atoms. The van der Waals surface area contributed by atoms with Gasteiger partial charge in [0.25, 0.3) is 0 Å². The van der Waals surface area contributed by atoms with Gasteiger partial charge in [-0.15, -0.1) is 0 Å². The van der Waals surface area contributed by atoms with Crippen LogP contribution in [0.5, 0.6) is 5.75 Å². The van der Waals surface area contributed by atoms with Crippen LogP contribution in [0.1, 0.15) is 30.5 Å². The molecule has 0 bridgehead atoms. The maximum Gasteiger partial charge on any atom is 0.122 e. The van der Waals surface area contributed by atoms with E-state index in [-0.39, 0.29) is 6.04 Å². The summed E-state index contributed by atoms with van der Waals surface area (Å²) in [5.41, 5.74) is 2.55. The van der Waals surface area contributed by atoms with E-state index in [1.807, 2.05) is 24.0 Å². The minimum atomic E-state index is 0.281. The van der Waals surface area contributed by atoms with E-state index in [1.165, 1.54) is 11.1 Å². The summed E-state index contributed by atoms with van der Waals surface area (Å²) in [5.74, 6) is 1.47. The fourth-order valence-electron chi connectivity index (χ4n) is 3.13. The first-order valence-corrected chi connectivity index (χ1v) is 7.72. The molecule has 0 saturated carbocycles. The number of hydrogen-bond donors (Lipinski definition) is 1. The second kappa shape index (κ2) is 6.31. The number of para-hydroxylation sites is 1. The van der Waals surface area contributed by atoms with E-state index in [4.69, 9.17) is 4.74 Å². The fourth-order valence-corrected chi connectivity index (χ4v) is 3.13. The van der Waals surface area contributed by atoms with Gasteiger partial charge in [-0.05, 0) is 31.5 Å². The van der Waals surface area contributed by atoms with Crippen molar-refractivity contribution in [3.8, 4) is 5.75 Å². The van der Waals surface area contributed by atoms with Crippen molar-refractivity contribution in [1.82, 2.24) is 15.1 Å². The van der Waals surface area contributed by atoms with Gasteiger partial charge in [-0.2, -0.15) is 5.10 Å². The smallest absolute Gasteiger partial charge is 0.122 e. The quantitative estimate of drug-likeness (QED) is 0.918. The Morgan fingerprint density at radius 3 is 3.10 bits per heavy atom. The van der Waals surface area contributed by atoms with Crippen LogP contribution in [0.25, 0.3) is 0 Å². The van der Waals surface area contributed by atoms with Gasteiger partial charge >= 0.3 is 0 Å². The Morgan fingerprint density at radius 1 is 1.43 bits per heavy atom. The van der Waals surface area contributed by atoms with E-state index in [0.717, 1.165) is 31.7 Å². The third kappa shape index (κ3) is 2.95. The van der Waals surface area contributed by atoms with Crippen molar-refractivity contribution in [2.75, 3.05) is 13.7 Å². The topological polar surface area (TPSA) is 39.1 Å². The summed E-state index contributed by atoms with van der Waals surface area (Å²) in [7, 11) is 2.02. The summed E-state index contributed by atoms with van der Waals surface area (Å²) in [5, 5.41) is 7.89. The van der Waals surface area contributed by atoms with E-state index >= 15 is 0 Å². The van der Waals surface area contributed by atoms with Gasteiger partial charge in [0, 0.05) is 30.3 Å². The van der Waals surface area contributed by atoms with Crippen molar-refractivity contribution in [3.05, 3.63) is 47.8 Å². The van der Waals surface area contributed by atoms with E-state index in [2.05, 4.69) is 41.7 Å². The summed E-state index contributed by atoms with van der Waals surface area (Å²) < 4.78 is 7.95. The molecule has 2 aromatic rings. The van der Waals surface area contributed by atoms with Gasteiger partial charge in [-0.1, -0.05) is 25.1 Å². The molecule has 2 heterocycles. The minimum absolute atomic E-state index is 0.281. The summed E-state index contributed by atoms with van der Waals surface area (Å²) >= 11 is 0. The SMILES string of the molecule is CCCn1cc(C(NC)C2COc3ccccc3C2)cn1. The van der Waals surface area contributed by atoms with E-state index in [1.54, 1.807) is 0 Å². The molecule has 0 radical (unpaired) electrons. The molecular weight excluding hydrogens is 262 g/mol. The summed E-state index contributed by atoms with van der Waals surface area (Å²) in [6, 6.07) is 8.61. The van der Waals surface area contributed by atoms with Gasteiger partial charge in [0.2, 0.25) is 0 Å². The zero-order valence-electron chi connectivity index (χ0n) is 12.7. The molecule has 1 aromatic carbocycles. The Balaban J connectivity index is 1.77. The number of nitrogens with zero attached hydrogens (tertiary/aromatic N) is 2. The number of benzene rings is 1. The average molecular weight is 285 g/mol. The van der Waals surface area contributed by atoms with Gasteiger partial charge in [0.1, 0.15) is 5.75 Å². The molecule has 0 saturated heterocycles. The predicted molar refractivity (Wildman–Crippen MR) is 83.4 cm³/mol. The molecule has 4 nitrogen and oxygen atoms in total. The number of hydrogen-bond acceptors (Lipinski definition) is 3. The van der Waals surface area contributed by atoms with Crippen LogP contribution in [-0.2, 0) is 13.0 Å². The van der Waals surface area contributed by atoms with Crippen LogP contribution in [-0.4, -0.2) is 23.4 Å². The van der Waals surface area contributed by atoms with E-state index in [9.17, 15) is 0 Å². The summed E-state index contributed by atoms with van der Waals surface area (Å²) in [6.45, 7) is 3.89. The first kappa shape index (κ1) is 14.1. The van der Waals surface area contributed by atoms with E-state index in [0.29, 0.717) is 5.92 Å². The van der Waals surface area contributed by atoms with Gasteiger partial charge in [0.15, 0.2) is 0 Å². The molecule has 1 N–H and O–H groups in total. The molecule has 0 spiro atoms. The van der Waals surface area contributed by atoms with Crippen molar-refractivity contribution < 1.29 is 4.74 Å². The second-order valence-electron chi connectivity index (χ2n) is 5.69. The standard InChI is InChI=1S/C17H23N3O/c1-3-8-20-11-15(10-19-20)17(18-2)14-9-13-6-4-5-7-16(13)21-12-14/h4-7,10-11,14,17-18H,3,8-9,12H2,1-2H3. The summed E-state index contributed by atoms with van der Waals surface area (Å²) in [6.07, 6.45) is 6.29. The molecule has 2 unspecified atom stereocenters. The molecule has 4 heteroatoms.